The molecule has 0 unspecified atom stereocenters. The van der Waals surface area contributed by atoms with Crippen molar-refractivity contribution in [3.8, 4) is 0 Å². The quantitative estimate of drug-likeness (QED) is 0.313. The number of amides is 2. The summed E-state index contributed by atoms with van der Waals surface area (Å²) in [7, 11) is 0. The van der Waals surface area contributed by atoms with Crippen molar-refractivity contribution in [2.45, 2.75) is 0 Å². The molecule has 0 saturated carbocycles. The zero-order valence-electron chi connectivity index (χ0n) is 3.96. The fourth-order valence-electron chi connectivity index (χ4n) is 0.347. The van der Waals surface area contributed by atoms with Gasteiger partial charge in [0.25, 0.3) is 0 Å². The van der Waals surface area contributed by atoms with Crippen LogP contribution in [0.15, 0.2) is 9.98 Å². The predicted molar refractivity (Wildman–Crippen MR) is 28.6 cm³/mol. The lowest BCUT2D eigenvalue weighted by molar-refractivity contribution is 0.257. The summed E-state index contributed by atoms with van der Waals surface area (Å²) >= 11 is 0. The minimum Gasteiger partial charge on any atom is -0.307 e. The fourth-order valence-corrected chi connectivity index (χ4v) is 0.347. The number of hydrazine groups is 1. The summed E-state index contributed by atoms with van der Waals surface area (Å²) in [6.45, 7) is 0. The molecule has 0 aliphatic carbocycles. The van der Waals surface area contributed by atoms with Crippen LogP contribution in [-0.2, 0) is 0 Å². The lowest BCUT2D eigenvalue weighted by atomic mass is 10.7. The Morgan fingerprint density at radius 3 is 2.75 bits per heavy atom. The average molecular weight is 112 g/mol. The van der Waals surface area contributed by atoms with Gasteiger partial charge in [-0.1, -0.05) is 0 Å². The van der Waals surface area contributed by atoms with Gasteiger partial charge in [-0.25, -0.2) is 10.6 Å². The van der Waals surface area contributed by atoms with Gasteiger partial charge in [0.15, 0.2) is 5.84 Å². The van der Waals surface area contributed by atoms with Gasteiger partial charge in [-0.2, -0.15) is 9.98 Å². The van der Waals surface area contributed by atoms with Crippen LogP contribution in [0.3, 0.4) is 0 Å². The lowest BCUT2D eigenvalue weighted by Crippen LogP contribution is -2.29. The molecule has 1 heterocycles. The summed E-state index contributed by atoms with van der Waals surface area (Å²) in [5, 5.41) is 0. The zero-order valence-corrected chi connectivity index (χ0v) is 3.96. The van der Waals surface area contributed by atoms with Gasteiger partial charge in [0.1, 0.15) is 0 Å². The first-order valence-corrected chi connectivity index (χ1v) is 1.96. The maximum absolute atomic E-state index is 10.1. The molecule has 8 heavy (non-hydrogen) atoms. The van der Waals surface area contributed by atoms with Gasteiger partial charge in [-0.05, 0) is 0 Å². The third-order valence-electron chi connectivity index (χ3n) is 0.661. The molecule has 0 saturated heterocycles. The topological polar surface area (TPSA) is 79.8 Å². The first-order valence-electron chi connectivity index (χ1n) is 1.96. The van der Waals surface area contributed by atoms with Crippen molar-refractivity contribution >= 4 is 18.1 Å². The molecule has 0 radical (unpaired) electrons. The van der Waals surface area contributed by atoms with Gasteiger partial charge in [-0.15, -0.1) is 0 Å². The first kappa shape index (κ1) is 4.92. The highest BCUT2D eigenvalue weighted by molar-refractivity contribution is 6.36. The molecule has 0 aromatic rings. The number of urea groups is 1. The molecule has 5 nitrogen and oxygen atoms in total. The van der Waals surface area contributed by atoms with E-state index in [9.17, 15) is 4.79 Å². The second-order valence-corrected chi connectivity index (χ2v) is 1.18. The summed E-state index contributed by atoms with van der Waals surface area (Å²) in [6, 6.07) is -0.516. The Morgan fingerprint density at radius 1 is 1.75 bits per heavy atom. The van der Waals surface area contributed by atoms with E-state index in [1.54, 1.807) is 0 Å². The van der Waals surface area contributed by atoms with Crippen molar-refractivity contribution in [2.75, 3.05) is 0 Å². The maximum Gasteiger partial charge on any atom is 0.369 e. The lowest BCUT2D eigenvalue weighted by Gasteiger charge is -1.86. The van der Waals surface area contributed by atoms with Crippen LogP contribution in [0, 0.1) is 0 Å². The van der Waals surface area contributed by atoms with Crippen molar-refractivity contribution in [3.05, 3.63) is 0 Å². The Hall–Kier alpha value is -1.23. The number of hydrogen-bond acceptors (Lipinski definition) is 3. The van der Waals surface area contributed by atoms with Crippen molar-refractivity contribution in [1.82, 2.24) is 5.43 Å². The minimum absolute atomic E-state index is 0.301. The summed E-state index contributed by atoms with van der Waals surface area (Å²) in [6.07, 6.45) is 1.27. The molecule has 0 aromatic heterocycles. The molecule has 0 bridgehead atoms. The van der Waals surface area contributed by atoms with Crippen LogP contribution in [0.25, 0.3) is 0 Å². The number of nitrogens with one attached hydrogen (secondary N) is 1. The van der Waals surface area contributed by atoms with E-state index >= 15 is 0 Å². The predicted octanol–water partition coefficient (Wildman–Crippen LogP) is -0.947. The normalized spacial score (nSPS) is 16.6. The van der Waals surface area contributed by atoms with Crippen molar-refractivity contribution < 1.29 is 4.79 Å². The summed E-state index contributed by atoms with van der Waals surface area (Å²) < 4.78 is 0. The summed E-state index contributed by atoms with van der Waals surface area (Å²) in [4.78, 5) is 16.7. The van der Waals surface area contributed by atoms with Crippen LogP contribution < -0.4 is 11.3 Å². The molecule has 1 aliphatic rings. The van der Waals surface area contributed by atoms with Crippen LogP contribution in [0.2, 0.25) is 0 Å². The van der Waals surface area contributed by atoms with E-state index in [-0.39, 0.29) is 0 Å². The third-order valence-corrected chi connectivity index (χ3v) is 0.661. The van der Waals surface area contributed by atoms with E-state index in [0.29, 0.717) is 5.84 Å². The second-order valence-electron chi connectivity index (χ2n) is 1.18. The van der Waals surface area contributed by atoms with E-state index in [1.165, 1.54) is 6.21 Å². The third kappa shape index (κ3) is 0.710. The van der Waals surface area contributed by atoms with Gasteiger partial charge < -0.3 is 5.43 Å². The number of nitrogens with zero attached hydrogens (tertiary/aromatic N) is 2. The van der Waals surface area contributed by atoms with Crippen LogP contribution in [0.1, 0.15) is 0 Å². The van der Waals surface area contributed by atoms with Crippen LogP contribution >= 0.6 is 0 Å². The number of rotatable bonds is 0. The number of carbonyl (C=O) groups excluding carboxylic acids is 1. The molecule has 1 aliphatic heterocycles. The monoisotopic (exact) mass is 112 g/mol. The first-order chi connectivity index (χ1) is 3.83. The van der Waals surface area contributed by atoms with E-state index in [0.717, 1.165) is 0 Å². The standard InChI is InChI=1S/C3H4N4O/c4-7-2-1-5-3(8)6-2/h1H,4H2,(H,6,7,8). The van der Waals surface area contributed by atoms with Crippen molar-refractivity contribution in [3.63, 3.8) is 0 Å². The van der Waals surface area contributed by atoms with Gasteiger partial charge in [0, 0.05) is 0 Å². The molecule has 3 N–H and O–H groups in total. The molecule has 5 heteroatoms. The van der Waals surface area contributed by atoms with Crippen LogP contribution in [0.4, 0.5) is 4.79 Å². The van der Waals surface area contributed by atoms with Gasteiger partial charge >= 0.3 is 6.03 Å². The van der Waals surface area contributed by atoms with E-state index in [1.807, 2.05) is 0 Å². The molecule has 0 aromatic carbocycles. The Balaban J connectivity index is 2.72. The molecule has 1 rings (SSSR count). The van der Waals surface area contributed by atoms with E-state index in [4.69, 9.17) is 5.84 Å². The molecular formula is C3H4N4O. The maximum atomic E-state index is 10.1. The van der Waals surface area contributed by atoms with Crippen molar-refractivity contribution in [2.24, 2.45) is 15.8 Å². The molecule has 42 valence electrons. The highest BCUT2D eigenvalue weighted by Crippen LogP contribution is 1.87. The Labute approximate surface area is 45.3 Å². The highest BCUT2D eigenvalue weighted by atomic mass is 16.2. The van der Waals surface area contributed by atoms with Crippen LogP contribution in [-0.4, -0.2) is 18.1 Å². The van der Waals surface area contributed by atoms with Crippen molar-refractivity contribution in [1.29, 1.82) is 0 Å². The molecule has 2 amide bonds. The van der Waals surface area contributed by atoms with Crippen LogP contribution in [0.5, 0.6) is 0 Å². The SMILES string of the molecule is NNC1=NC(=O)N=C1. The number of carbonyl (C=O) groups is 1. The second kappa shape index (κ2) is 1.71. The Kier molecular flexibility index (Phi) is 1.05. The van der Waals surface area contributed by atoms with Gasteiger partial charge in [0.2, 0.25) is 0 Å². The molecule has 0 atom stereocenters. The van der Waals surface area contributed by atoms with Gasteiger partial charge in [-0.3, -0.25) is 0 Å². The largest absolute Gasteiger partial charge is 0.369 e. The smallest absolute Gasteiger partial charge is 0.307 e. The number of hydrogen-bond donors (Lipinski definition) is 2. The highest BCUT2D eigenvalue weighted by Gasteiger charge is 2.03. The van der Waals surface area contributed by atoms with E-state index < -0.39 is 6.03 Å². The summed E-state index contributed by atoms with van der Waals surface area (Å²) in [5.41, 5.74) is 2.17. The van der Waals surface area contributed by atoms with Gasteiger partial charge in [0.05, 0.1) is 6.21 Å². The number of nitrogens with two attached hydrogens (primary N) is 1. The molecule has 0 fully saturated rings. The average Bonchev–Trinajstić information content (AvgIpc) is 2.14. The number of amidine groups is 1. The number of aliphatic imine (C=N–C) groups is 2. The zero-order chi connectivity index (χ0) is 5.98. The van der Waals surface area contributed by atoms with E-state index in [2.05, 4.69) is 15.4 Å². The minimum atomic E-state index is -0.516. The molecular weight excluding hydrogens is 108 g/mol. The Morgan fingerprint density at radius 2 is 2.50 bits per heavy atom. The summed E-state index contributed by atoms with van der Waals surface area (Å²) in [5.74, 6) is 5.17. The Bertz CT molecular complexity index is 170. The fraction of sp³-hybridized carbons (Fsp3) is 0. The molecule has 0 spiro atoms.